The van der Waals surface area contributed by atoms with Crippen LogP contribution in [0.2, 0.25) is 0 Å². The summed E-state index contributed by atoms with van der Waals surface area (Å²) in [4.78, 5) is 0.774. The van der Waals surface area contributed by atoms with Crippen LogP contribution in [0.4, 0.5) is 0 Å². The predicted octanol–water partition coefficient (Wildman–Crippen LogP) is 4.50. The summed E-state index contributed by atoms with van der Waals surface area (Å²) in [5, 5.41) is 0. The largest absolute Gasteiger partial charge is 0.283 e. The number of hydrogen-bond donors (Lipinski definition) is 0. The van der Waals surface area contributed by atoms with Crippen LogP contribution in [0.3, 0.4) is 0 Å². The molecule has 1 aromatic carbocycles. The Bertz CT molecular complexity index is 453. The van der Waals surface area contributed by atoms with Gasteiger partial charge in [-0.15, -0.1) is 0 Å². The van der Waals surface area contributed by atoms with Gasteiger partial charge in [0, 0.05) is 0 Å². The van der Waals surface area contributed by atoms with Gasteiger partial charge in [0.25, 0.3) is 0 Å². The van der Waals surface area contributed by atoms with Crippen molar-refractivity contribution in [2.45, 2.75) is 58.0 Å². The molecule has 1 aliphatic carbocycles. The molecule has 3 heteroatoms. The Labute approximate surface area is 125 Å². The van der Waals surface area contributed by atoms with Gasteiger partial charge in [0.05, 0.1) is 11.0 Å². The lowest BCUT2D eigenvalue weighted by atomic mass is 9.75. The van der Waals surface area contributed by atoms with Gasteiger partial charge in [0.15, 0.2) is 11.1 Å². The van der Waals surface area contributed by atoms with E-state index in [0.717, 1.165) is 11.3 Å². The maximum Gasteiger partial charge on any atom is 0.189 e. The average Bonchev–Trinajstić information content (AvgIpc) is 2.39. The summed E-state index contributed by atoms with van der Waals surface area (Å²) in [5.41, 5.74) is 1.18. The van der Waals surface area contributed by atoms with E-state index in [9.17, 15) is 4.21 Å². The molecular formula is C17H26O2S. The molecule has 0 aromatic heterocycles. The fourth-order valence-electron chi connectivity index (χ4n) is 3.04. The van der Waals surface area contributed by atoms with E-state index in [2.05, 4.69) is 20.8 Å². The van der Waals surface area contributed by atoms with Crippen LogP contribution in [0.5, 0.6) is 0 Å². The van der Waals surface area contributed by atoms with Gasteiger partial charge in [-0.3, -0.25) is 4.18 Å². The Balaban J connectivity index is 2.05. The van der Waals surface area contributed by atoms with Gasteiger partial charge < -0.3 is 0 Å². The Kier molecular flexibility index (Phi) is 5.39. The molecule has 0 amide bonds. The molecule has 0 N–H and O–H groups in total. The average molecular weight is 294 g/mol. The molecule has 1 saturated carbocycles. The third-order valence-corrected chi connectivity index (χ3v) is 5.46. The normalized spacial score (nSPS) is 28.6. The number of hydrogen-bond acceptors (Lipinski definition) is 2. The summed E-state index contributed by atoms with van der Waals surface area (Å²) in [7, 11) is 0. The standard InChI is InChI=1S/C17H26O2S/c1-12(2)16-10-7-14(4)11-17(16)19-20(18)15-8-5-13(3)6-9-15/h5-6,8-9,12,14,16-17H,7,10-11H2,1-4H3/t14?,16-,17?,20?/m0/s1. The summed E-state index contributed by atoms with van der Waals surface area (Å²) >= 11 is -1.34. The van der Waals surface area contributed by atoms with Crippen LogP contribution in [-0.2, 0) is 15.3 Å². The highest BCUT2D eigenvalue weighted by molar-refractivity contribution is 7.80. The minimum absolute atomic E-state index is 0.126. The van der Waals surface area contributed by atoms with E-state index < -0.39 is 11.1 Å². The number of rotatable bonds is 4. The molecule has 0 bridgehead atoms. The second-order valence-electron chi connectivity index (χ2n) is 6.51. The first-order valence-corrected chi connectivity index (χ1v) is 8.70. The van der Waals surface area contributed by atoms with Crippen molar-refractivity contribution in [2.24, 2.45) is 17.8 Å². The van der Waals surface area contributed by atoms with Crippen molar-refractivity contribution >= 4 is 11.1 Å². The molecule has 1 aliphatic rings. The molecule has 0 radical (unpaired) electrons. The van der Waals surface area contributed by atoms with E-state index in [0.29, 0.717) is 17.8 Å². The van der Waals surface area contributed by atoms with E-state index in [-0.39, 0.29) is 6.10 Å². The minimum Gasteiger partial charge on any atom is -0.283 e. The van der Waals surface area contributed by atoms with Crippen LogP contribution >= 0.6 is 0 Å². The van der Waals surface area contributed by atoms with E-state index >= 15 is 0 Å². The highest BCUT2D eigenvalue weighted by Gasteiger charge is 2.33. The zero-order valence-electron chi connectivity index (χ0n) is 13.0. The molecule has 0 heterocycles. The minimum atomic E-state index is -1.34. The van der Waals surface area contributed by atoms with Gasteiger partial charge >= 0.3 is 0 Å². The Hall–Kier alpha value is -0.670. The van der Waals surface area contributed by atoms with E-state index in [1.807, 2.05) is 31.2 Å². The lowest BCUT2D eigenvalue weighted by Crippen LogP contribution is -2.34. The first-order chi connectivity index (χ1) is 9.47. The highest BCUT2D eigenvalue weighted by atomic mass is 32.2. The van der Waals surface area contributed by atoms with Crippen molar-refractivity contribution in [3.05, 3.63) is 29.8 Å². The molecule has 1 aromatic rings. The molecule has 20 heavy (non-hydrogen) atoms. The van der Waals surface area contributed by atoms with Gasteiger partial charge in [0.2, 0.25) is 0 Å². The molecular weight excluding hydrogens is 268 g/mol. The zero-order valence-corrected chi connectivity index (χ0v) is 13.8. The van der Waals surface area contributed by atoms with Crippen LogP contribution in [0.25, 0.3) is 0 Å². The molecule has 0 spiro atoms. The quantitative estimate of drug-likeness (QED) is 0.817. The first kappa shape index (κ1) is 15.7. The molecule has 1 fully saturated rings. The van der Waals surface area contributed by atoms with Crippen LogP contribution in [0.1, 0.15) is 45.6 Å². The summed E-state index contributed by atoms with van der Waals surface area (Å²) in [6, 6.07) is 7.78. The summed E-state index contributed by atoms with van der Waals surface area (Å²) < 4.78 is 18.3. The molecule has 2 nitrogen and oxygen atoms in total. The zero-order chi connectivity index (χ0) is 14.7. The van der Waals surface area contributed by atoms with Crippen LogP contribution < -0.4 is 0 Å². The SMILES string of the molecule is Cc1ccc(S(=O)OC2CC(C)CC[C@H]2C(C)C)cc1. The Morgan fingerprint density at radius 3 is 2.45 bits per heavy atom. The van der Waals surface area contributed by atoms with Gasteiger partial charge in [0.1, 0.15) is 0 Å². The van der Waals surface area contributed by atoms with Gasteiger partial charge in [-0.05, 0) is 49.7 Å². The van der Waals surface area contributed by atoms with E-state index in [1.165, 1.54) is 18.4 Å². The van der Waals surface area contributed by atoms with Crippen LogP contribution in [0.15, 0.2) is 29.2 Å². The first-order valence-electron chi connectivity index (χ1n) is 7.63. The molecule has 0 aliphatic heterocycles. The lowest BCUT2D eigenvalue weighted by molar-refractivity contribution is 0.0567. The van der Waals surface area contributed by atoms with Crippen LogP contribution in [0, 0.1) is 24.7 Å². The third-order valence-electron chi connectivity index (χ3n) is 4.39. The van der Waals surface area contributed by atoms with Gasteiger partial charge in [-0.2, -0.15) is 0 Å². The van der Waals surface area contributed by atoms with Gasteiger partial charge in [-0.1, -0.05) is 44.9 Å². The smallest absolute Gasteiger partial charge is 0.189 e. The summed E-state index contributed by atoms with van der Waals surface area (Å²) in [6.07, 6.45) is 3.61. The van der Waals surface area contributed by atoms with E-state index in [1.54, 1.807) is 0 Å². The second kappa shape index (κ2) is 6.86. The monoisotopic (exact) mass is 294 g/mol. The van der Waals surface area contributed by atoms with Crippen molar-refractivity contribution in [1.82, 2.24) is 0 Å². The van der Waals surface area contributed by atoms with Crippen molar-refractivity contribution in [2.75, 3.05) is 0 Å². The van der Waals surface area contributed by atoms with Gasteiger partial charge in [-0.25, -0.2) is 4.21 Å². The van der Waals surface area contributed by atoms with Crippen molar-refractivity contribution in [3.8, 4) is 0 Å². The highest BCUT2D eigenvalue weighted by Crippen LogP contribution is 2.36. The van der Waals surface area contributed by atoms with Crippen LogP contribution in [-0.4, -0.2) is 10.3 Å². The topological polar surface area (TPSA) is 26.3 Å². The van der Waals surface area contributed by atoms with Crippen molar-refractivity contribution < 1.29 is 8.39 Å². The molecule has 3 unspecified atom stereocenters. The second-order valence-corrected chi connectivity index (χ2v) is 7.64. The fourth-order valence-corrected chi connectivity index (χ4v) is 3.96. The lowest BCUT2D eigenvalue weighted by Gasteiger charge is -2.36. The van der Waals surface area contributed by atoms with Crippen molar-refractivity contribution in [3.63, 3.8) is 0 Å². The van der Waals surface area contributed by atoms with E-state index in [4.69, 9.17) is 4.18 Å². The molecule has 112 valence electrons. The fraction of sp³-hybridized carbons (Fsp3) is 0.647. The number of benzene rings is 1. The Morgan fingerprint density at radius 1 is 1.20 bits per heavy atom. The predicted molar refractivity (Wildman–Crippen MR) is 83.8 cm³/mol. The maximum absolute atomic E-state index is 12.4. The number of aryl methyl sites for hydroxylation is 1. The van der Waals surface area contributed by atoms with Crippen molar-refractivity contribution in [1.29, 1.82) is 0 Å². The molecule has 2 rings (SSSR count). The summed E-state index contributed by atoms with van der Waals surface area (Å²) in [6.45, 7) is 8.78. The Morgan fingerprint density at radius 2 is 1.85 bits per heavy atom. The maximum atomic E-state index is 12.4. The summed E-state index contributed by atoms with van der Waals surface area (Å²) in [5.74, 6) is 1.79. The molecule has 4 atom stereocenters. The third kappa shape index (κ3) is 3.92. The molecule has 0 saturated heterocycles.